The molecule has 0 unspecified atom stereocenters. The van der Waals surface area contributed by atoms with E-state index in [2.05, 4.69) is 10.3 Å². The smallest absolute Gasteiger partial charge is 0.257 e. The molecule has 28 heavy (non-hydrogen) atoms. The molecule has 6 heteroatoms. The van der Waals surface area contributed by atoms with E-state index in [0.29, 0.717) is 28.6 Å². The number of thiazole rings is 1. The summed E-state index contributed by atoms with van der Waals surface area (Å²) in [6.45, 7) is 1.67. The Kier molecular flexibility index (Phi) is 4.46. The predicted octanol–water partition coefficient (Wildman–Crippen LogP) is 4.57. The molecule has 1 N–H and O–H groups in total. The summed E-state index contributed by atoms with van der Waals surface area (Å²) >= 11 is 1.39. The Labute approximate surface area is 169 Å². The van der Waals surface area contributed by atoms with Crippen molar-refractivity contribution >= 4 is 34.0 Å². The van der Waals surface area contributed by atoms with E-state index in [1.165, 1.54) is 43.4 Å². The van der Waals surface area contributed by atoms with Gasteiger partial charge in [-0.3, -0.25) is 14.9 Å². The van der Waals surface area contributed by atoms with Crippen molar-refractivity contribution in [2.24, 2.45) is 23.7 Å². The summed E-state index contributed by atoms with van der Waals surface area (Å²) in [6, 6.07) is 7.78. The van der Waals surface area contributed by atoms with E-state index in [1.54, 1.807) is 13.1 Å². The van der Waals surface area contributed by atoms with E-state index in [-0.39, 0.29) is 11.8 Å². The second-order valence-corrected chi connectivity index (χ2v) is 9.54. The zero-order chi connectivity index (χ0) is 19.3. The van der Waals surface area contributed by atoms with Gasteiger partial charge in [-0.05, 0) is 80.0 Å². The number of benzene rings is 1. The minimum Gasteiger partial charge on any atom is -0.309 e. The Morgan fingerprint density at radius 2 is 1.68 bits per heavy atom. The fourth-order valence-corrected chi connectivity index (χ4v) is 6.63. The summed E-state index contributed by atoms with van der Waals surface area (Å²) in [6.07, 6.45) is 8.17. The summed E-state index contributed by atoms with van der Waals surface area (Å²) in [4.78, 5) is 31.2. The molecule has 4 fully saturated rings. The molecular formula is C22H25N3O2S. The van der Waals surface area contributed by atoms with E-state index in [4.69, 9.17) is 0 Å². The molecule has 1 aromatic carbocycles. The topological polar surface area (TPSA) is 62.3 Å². The van der Waals surface area contributed by atoms with Crippen molar-refractivity contribution in [2.45, 2.75) is 45.1 Å². The van der Waals surface area contributed by atoms with Crippen LogP contribution in [0.4, 0.5) is 10.8 Å². The van der Waals surface area contributed by atoms with Gasteiger partial charge in [-0.2, -0.15) is 0 Å². The van der Waals surface area contributed by atoms with Gasteiger partial charge in [0, 0.05) is 35.8 Å². The quantitative estimate of drug-likeness (QED) is 0.825. The summed E-state index contributed by atoms with van der Waals surface area (Å²) in [5, 5.41) is 5.22. The molecule has 2 aromatic rings. The highest BCUT2D eigenvalue weighted by molar-refractivity contribution is 7.13. The molecule has 4 bridgehead atoms. The molecule has 1 heterocycles. The van der Waals surface area contributed by atoms with Crippen molar-refractivity contribution in [2.75, 3.05) is 10.2 Å². The Morgan fingerprint density at radius 3 is 2.21 bits per heavy atom. The first-order valence-corrected chi connectivity index (χ1v) is 11.1. The first-order valence-electron chi connectivity index (χ1n) is 10.2. The van der Waals surface area contributed by atoms with Crippen LogP contribution in [0.2, 0.25) is 0 Å². The van der Waals surface area contributed by atoms with Gasteiger partial charge in [-0.25, -0.2) is 4.98 Å². The summed E-state index contributed by atoms with van der Waals surface area (Å²) in [5.74, 6) is 2.96. The van der Waals surface area contributed by atoms with Crippen LogP contribution in [0.15, 0.2) is 35.8 Å². The van der Waals surface area contributed by atoms with Crippen molar-refractivity contribution in [3.8, 4) is 0 Å². The predicted molar refractivity (Wildman–Crippen MR) is 111 cm³/mol. The summed E-state index contributed by atoms with van der Waals surface area (Å²) < 4.78 is 0. The average molecular weight is 396 g/mol. The van der Waals surface area contributed by atoms with Crippen LogP contribution in [-0.2, 0) is 4.79 Å². The highest BCUT2D eigenvalue weighted by atomic mass is 32.1. The minimum absolute atomic E-state index is 0.109. The molecule has 0 atom stereocenters. The molecular weight excluding hydrogens is 370 g/mol. The molecule has 146 valence electrons. The van der Waals surface area contributed by atoms with Crippen LogP contribution < -0.4 is 10.2 Å². The Hall–Kier alpha value is -2.21. The first kappa shape index (κ1) is 17.9. The standard InChI is InChI=1S/C22H25N3O2S/c1-13(26)25(20-17-9-14-8-15(11-17)12-18(20)10-14)19-4-2-16(3-5-19)21(27)24-22-23-6-7-28-22/h2-7,14-15,17-18,20H,8-12H2,1H3,(H,23,24,27). The van der Waals surface area contributed by atoms with E-state index < -0.39 is 0 Å². The third-order valence-electron chi connectivity index (χ3n) is 6.87. The second kappa shape index (κ2) is 6.99. The van der Waals surface area contributed by atoms with Crippen LogP contribution >= 0.6 is 11.3 Å². The zero-order valence-corrected chi connectivity index (χ0v) is 16.8. The van der Waals surface area contributed by atoms with Gasteiger partial charge < -0.3 is 4.90 Å². The van der Waals surface area contributed by atoms with E-state index in [9.17, 15) is 9.59 Å². The Balaban J connectivity index is 1.37. The lowest BCUT2D eigenvalue weighted by molar-refractivity contribution is -0.119. The highest BCUT2D eigenvalue weighted by Crippen LogP contribution is 2.55. The number of nitrogens with zero attached hydrogens (tertiary/aromatic N) is 2. The van der Waals surface area contributed by atoms with Gasteiger partial charge in [0.05, 0.1) is 0 Å². The molecule has 2 amide bonds. The van der Waals surface area contributed by atoms with Crippen molar-refractivity contribution < 1.29 is 9.59 Å². The third kappa shape index (κ3) is 3.13. The number of carbonyl (C=O) groups is 2. The van der Waals surface area contributed by atoms with E-state index in [0.717, 1.165) is 17.5 Å². The Morgan fingerprint density at radius 1 is 1.04 bits per heavy atom. The molecule has 4 aliphatic rings. The van der Waals surface area contributed by atoms with E-state index >= 15 is 0 Å². The van der Waals surface area contributed by atoms with Crippen molar-refractivity contribution in [1.82, 2.24) is 4.98 Å². The molecule has 5 nitrogen and oxygen atoms in total. The normalized spacial score (nSPS) is 30.2. The van der Waals surface area contributed by atoms with Crippen LogP contribution in [0.1, 0.15) is 49.4 Å². The number of aromatic nitrogens is 1. The Bertz CT molecular complexity index is 850. The molecule has 0 saturated heterocycles. The lowest BCUT2D eigenvalue weighted by Crippen LogP contribution is -2.57. The lowest BCUT2D eigenvalue weighted by Gasteiger charge is -2.57. The maximum atomic E-state index is 12.6. The van der Waals surface area contributed by atoms with Crippen LogP contribution in [-0.4, -0.2) is 22.8 Å². The van der Waals surface area contributed by atoms with Gasteiger partial charge in [-0.15, -0.1) is 11.3 Å². The third-order valence-corrected chi connectivity index (χ3v) is 7.56. The largest absolute Gasteiger partial charge is 0.309 e. The first-order chi connectivity index (χ1) is 13.6. The van der Waals surface area contributed by atoms with Gasteiger partial charge >= 0.3 is 0 Å². The number of amides is 2. The van der Waals surface area contributed by atoms with Crippen LogP contribution in [0, 0.1) is 23.7 Å². The van der Waals surface area contributed by atoms with Gasteiger partial charge in [-0.1, -0.05) is 0 Å². The lowest BCUT2D eigenvalue weighted by atomic mass is 9.54. The van der Waals surface area contributed by atoms with Gasteiger partial charge in [0.1, 0.15) is 0 Å². The van der Waals surface area contributed by atoms with Crippen molar-refractivity contribution in [3.63, 3.8) is 0 Å². The maximum Gasteiger partial charge on any atom is 0.257 e. The molecule has 4 aliphatic carbocycles. The van der Waals surface area contributed by atoms with Gasteiger partial charge in [0.15, 0.2) is 5.13 Å². The van der Waals surface area contributed by atoms with Crippen molar-refractivity contribution in [3.05, 3.63) is 41.4 Å². The highest BCUT2D eigenvalue weighted by Gasteiger charge is 2.50. The molecule has 6 rings (SSSR count). The van der Waals surface area contributed by atoms with Crippen LogP contribution in [0.25, 0.3) is 0 Å². The summed E-state index contributed by atoms with van der Waals surface area (Å²) in [7, 11) is 0. The summed E-state index contributed by atoms with van der Waals surface area (Å²) in [5.41, 5.74) is 1.49. The monoisotopic (exact) mass is 395 g/mol. The zero-order valence-electron chi connectivity index (χ0n) is 16.0. The maximum absolute atomic E-state index is 12.6. The molecule has 0 spiro atoms. The second-order valence-electron chi connectivity index (χ2n) is 8.65. The minimum atomic E-state index is -0.175. The van der Waals surface area contributed by atoms with Crippen LogP contribution in [0.3, 0.4) is 0 Å². The fourth-order valence-electron chi connectivity index (χ4n) is 6.11. The number of hydrogen-bond donors (Lipinski definition) is 1. The SMILES string of the molecule is CC(=O)N(c1ccc(C(=O)Nc2nccs2)cc1)C1C2CC3CC(C2)CC1C3. The van der Waals surface area contributed by atoms with Gasteiger partial charge in [0.2, 0.25) is 5.91 Å². The van der Waals surface area contributed by atoms with Crippen LogP contribution in [0.5, 0.6) is 0 Å². The average Bonchev–Trinajstić information content (AvgIpc) is 3.17. The van der Waals surface area contributed by atoms with Gasteiger partial charge in [0.25, 0.3) is 5.91 Å². The van der Waals surface area contributed by atoms with E-state index in [1.807, 2.05) is 34.5 Å². The molecule has 0 radical (unpaired) electrons. The molecule has 1 aromatic heterocycles. The number of carbonyl (C=O) groups excluding carboxylic acids is 2. The number of rotatable bonds is 4. The number of hydrogen-bond acceptors (Lipinski definition) is 4. The number of nitrogens with one attached hydrogen (secondary N) is 1. The molecule has 0 aliphatic heterocycles. The molecule has 4 saturated carbocycles. The number of anilines is 2. The van der Waals surface area contributed by atoms with Crippen molar-refractivity contribution in [1.29, 1.82) is 0 Å². The fraction of sp³-hybridized carbons (Fsp3) is 0.500.